The first-order valence-electron chi connectivity index (χ1n) is 7.22. The van der Waals surface area contributed by atoms with Crippen molar-refractivity contribution < 1.29 is 9.26 Å². The molecule has 0 spiro atoms. The van der Waals surface area contributed by atoms with E-state index >= 15 is 0 Å². The fraction of sp³-hybridized carbons (Fsp3) is 0.250. The van der Waals surface area contributed by atoms with Crippen LogP contribution in [0.15, 0.2) is 53.4 Å². The highest BCUT2D eigenvalue weighted by Crippen LogP contribution is 2.11. The molecule has 23 heavy (non-hydrogen) atoms. The second-order valence-electron chi connectivity index (χ2n) is 5.08. The van der Waals surface area contributed by atoms with Crippen LogP contribution in [0.3, 0.4) is 0 Å². The fourth-order valence-corrected chi connectivity index (χ4v) is 2.05. The van der Waals surface area contributed by atoms with Crippen molar-refractivity contribution in [3.63, 3.8) is 0 Å². The predicted molar refractivity (Wildman–Crippen MR) is 82.3 cm³/mol. The topological polar surface area (TPSA) is 77.2 Å². The summed E-state index contributed by atoms with van der Waals surface area (Å²) in [6.45, 7) is 1.47. The summed E-state index contributed by atoms with van der Waals surface area (Å²) in [5.74, 6) is 1.85. The van der Waals surface area contributed by atoms with E-state index in [9.17, 15) is 0 Å². The van der Waals surface area contributed by atoms with Gasteiger partial charge in [-0.05, 0) is 19.2 Å². The van der Waals surface area contributed by atoms with Gasteiger partial charge < -0.3 is 9.26 Å². The molecule has 7 heteroatoms. The first-order valence-corrected chi connectivity index (χ1v) is 7.22. The van der Waals surface area contributed by atoms with Gasteiger partial charge in [0.25, 0.3) is 0 Å². The van der Waals surface area contributed by atoms with Crippen molar-refractivity contribution in [3.05, 3.63) is 66.3 Å². The van der Waals surface area contributed by atoms with Crippen LogP contribution in [0.25, 0.3) is 0 Å². The van der Waals surface area contributed by atoms with Crippen LogP contribution >= 0.6 is 0 Å². The number of hydrogen-bond acceptors (Lipinski definition) is 7. The van der Waals surface area contributed by atoms with Gasteiger partial charge in [0.2, 0.25) is 11.7 Å². The van der Waals surface area contributed by atoms with E-state index in [0.717, 1.165) is 11.4 Å². The first kappa shape index (κ1) is 15.1. The lowest BCUT2D eigenvalue weighted by atomic mass is 10.3. The van der Waals surface area contributed by atoms with E-state index in [2.05, 4.69) is 20.1 Å². The summed E-state index contributed by atoms with van der Waals surface area (Å²) in [5.41, 5.74) is 0.891. The molecule has 3 rings (SSSR count). The minimum atomic E-state index is 0.279. The van der Waals surface area contributed by atoms with Gasteiger partial charge in [0.05, 0.1) is 12.2 Å². The van der Waals surface area contributed by atoms with Crippen molar-refractivity contribution in [2.75, 3.05) is 7.05 Å². The highest BCUT2D eigenvalue weighted by atomic mass is 16.5. The maximum atomic E-state index is 5.59. The Kier molecular flexibility index (Phi) is 4.90. The second kappa shape index (κ2) is 7.46. The quantitative estimate of drug-likeness (QED) is 0.661. The van der Waals surface area contributed by atoms with E-state index in [-0.39, 0.29) is 6.61 Å². The number of hydrogen-bond donors (Lipinski definition) is 0. The highest BCUT2D eigenvalue weighted by Gasteiger charge is 2.10. The van der Waals surface area contributed by atoms with Gasteiger partial charge in [-0.25, -0.2) is 0 Å². The first-order chi connectivity index (χ1) is 11.3. The van der Waals surface area contributed by atoms with Crippen LogP contribution in [0.1, 0.15) is 17.4 Å². The van der Waals surface area contributed by atoms with Gasteiger partial charge >= 0.3 is 0 Å². The number of nitrogens with zero attached hydrogens (tertiary/aromatic N) is 5. The van der Waals surface area contributed by atoms with Gasteiger partial charge in [-0.1, -0.05) is 23.4 Å². The molecule has 0 N–H and O–H groups in total. The molecule has 1 aromatic carbocycles. The summed E-state index contributed by atoms with van der Waals surface area (Å²) in [5, 5.41) is 3.93. The Morgan fingerprint density at radius 1 is 1.13 bits per heavy atom. The van der Waals surface area contributed by atoms with E-state index in [1.165, 1.54) is 0 Å². The molecule has 0 saturated carbocycles. The molecule has 0 saturated heterocycles. The molecule has 0 atom stereocenters. The second-order valence-corrected chi connectivity index (χ2v) is 5.08. The summed E-state index contributed by atoms with van der Waals surface area (Å²) in [6.07, 6.45) is 5.07. The summed E-state index contributed by atoms with van der Waals surface area (Å²) >= 11 is 0. The Labute approximate surface area is 134 Å². The Bertz CT molecular complexity index is 718. The lowest BCUT2D eigenvalue weighted by Crippen LogP contribution is -2.18. The van der Waals surface area contributed by atoms with Crippen LogP contribution in [0, 0.1) is 0 Å². The zero-order valence-corrected chi connectivity index (χ0v) is 12.8. The van der Waals surface area contributed by atoms with Crippen molar-refractivity contribution >= 4 is 0 Å². The molecule has 0 unspecified atom stereocenters. The molecule has 118 valence electrons. The van der Waals surface area contributed by atoms with Gasteiger partial charge in [0, 0.05) is 25.1 Å². The molecule has 0 aliphatic carbocycles. The van der Waals surface area contributed by atoms with E-state index in [1.807, 2.05) is 42.3 Å². The summed E-state index contributed by atoms with van der Waals surface area (Å²) in [4.78, 5) is 14.6. The van der Waals surface area contributed by atoms with E-state index < -0.39 is 0 Å². The maximum Gasteiger partial charge on any atom is 0.240 e. The lowest BCUT2D eigenvalue weighted by Gasteiger charge is -2.12. The van der Waals surface area contributed by atoms with Gasteiger partial charge in [-0.2, -0.15) is 4.98 Å². The minimum Gasteiger partial charge on any atom is -0.485 e. The molecule has 0 fully saturated rings. The summed E-state index contributed by atoms with van der Waals surface area (Å²) in [6, 6.07) is 9.54. The minimum absolute atomic E-state index is 0.279. The van der Waals surface area contributed by atoms with Crippen LogP contribution in [-0.4, -0.2) is 32.1 Å². The molecule has 7 nitrogen and oxygen atoms in total. The van der Waals surface area contributed by atoms with Crippen molar-refractivity contribution in [3.8, 4) is 5.75 Å². The molecule has 0 bridgehead atoms. The van der Waals surface area contributed by atoms with Crippen molar-refractivity contribution in [2.24, 2.45) is 0 Å². The zero-order chi connectivity index (χ0) is 15.9. The van der Waals surface area contributed by atoms with E-state index in [0.29, 0.717) is 24.8 Å². The number of para-hydroxylation sites is 1. The van der Waals surface area contributed by atoms with Crippen molar-refractivity contribution in [1.29, 1.82) is 0 Å². The van der Waals surface area contributed by atoms with Gasteiger partial charge in [0.15, 0.2) is 6.61 Å². The summed E-state index contributed by atoms with van der Waals surface area (Å²) in [7, 11) is 1.96. The molecule has 0 amide bonds. The monoisotopic (exact) mass is 311 g/mol. The van der Waals surface area contributed by atoms with Gasteiger partial charge in [0.1, 0.15) is 5.75 Å². The average molecular weight is 311 g/mol. The van der Waals surface area contributed by atoms with Crippen LogP contribution < -0.4 is 4.74 Å². The zero-order valence-electron chi connectivity index (χ0n) is 12.8. The standard InChI is InChI=1S/C16H17N5O2/c1-21(10-13-9-17-7-8-18-13)11-16-19-15(20-23-16)12-22-14-5-3-2-4-6-14/h2-9H,10-12H2,1H3. The number of aromatic nitrogens is 4. The van der Waals surface area contributed by atoms with Crippen LogP contribution in [-0.2, 0) is 19.7 Å². The molecular formula is C16H17N5O2. The normalized spacial score (nSPS) is 10.9. The largest absolute Gasteiger partial charge is 0.485 e. The van der Waals surface area contributed by atoms with Crippen LogP contribution in [0.4, 0.5) is 0 Å². The Hall–Kier alpha value is -2.80. The summed E-state index contributed by atoms with van der Waals surface area (Å²) < 4.78 is 10.8. The third-order valence-electron chi connectivity index (χ3n) is 3.08. The predicted octanol–water partition coefficient (Wildman–Crippen LogP) is 2.07. The van der Waals surface area contributed by atoms with E-state index in [4.69, 9.17) is 9.26 Å². The smallest absolute Gasteiger partial charge is 0.240 e. The van der Waals surface area contributed by atoms with Crippen LogP contribution in [0.2, 0.25) is 0 Å². The Morgan fingerprint density at radius 3 is 2.78 bits per heavy atom. The maximum absolute atomic E-state index is 5.59. The molecule has 0 aliphatic heterocycles. The third-order valence-corrected chi connectivity index (χ3v) is 3.08. The molecule has 2 heterocycles. The molecule has 3 aromatic rings. The fourth-order valence-electron chi connectivity index (χ4n) is 2.05. The van der Waals surface area contributed by atoms with E-state index in [1.54, 1.807) is 18.6 Å². The van der Waals surface area contributed by atoms with Crippen LogP contribution in [0.5, 0.6) is 5.75 Å². The Balaban J connectivity index is 1.50. The Morgan fingerprint density at radius 2 is 2.00 bits per heavy atom. The van der Waals surface area contributed by atoms with Crippen molar-refractivity contribution in [1.82, 2.24) is 25.0 Å². The van der Waals surface area contributed by atoms with Crippen molar-refractivity contribution in [2.45, 2.75) is 19.7 Å². The lowest BCUT2D eigenvalue weighted by molar-refractivity contribution is 0.254. The van der Waals surface area contributed by atoms with Gasteiger partial charge in [-0.3, -0.25) is 14.9 Å². The molecule has 2 aromatic heterocycles. The number of rotatable bonds is 7. The molecule has 0 aliphatic rings. The SMILES string of the molecule is CN(Cc1cnccn1)Cc1nc(COc2ccccc2)no1. The average Bonchev–Trinajstić information content (AvgIpc) is 3.02. The number of benzene rings is 1. The van der Waals surface area contributed by atoms with Gasteiger partial charge in [-0.15, -0.1) is 0 Å². The highest BCUT2D eigenvalue weighted by molar-refractivity contribution is 5.20. The molecular weight excluding hydrogens is 294 g/mol. The number of ether oxygens (including phenoxy) is 1. The third kappa shape index (κ3) is 4.58. The molecule has 0 radical (unpaired) electrons.